The van der Waals surface area contributed by atoms with E-state index in [-0.39, 0.29) is 11.7 Å². The number of nitrogens with zero attached hydrogens (tertiary/aromatic N) is 2. The summed E-state index contributed by atoms with van der Waals surface area (Å²) in [6.07, 6.45) is 3.56. The molecule has 0 radical (unpaired) electrons. The van der Waals surface area contributed by atoms with Crippen LogP contribution in [0.5, 0.6) is 0 Å². The molecule has 0 aromatic carbocycles. The number of hydrogen-bond donors (Lipinski definition) is 3. The molecule has 0 atom stereocenters. The van der Waals surface area contributed by atoms with Crippen LogP contribution in [0.15, 0.2) is 10.9 Å². The number of nitrogens with one attached hydrogen (secondary N) is 2. The predicted octanol–water partition coefficient (Wildman–Crippen LogP) is 2.08. The van der Waals surface area contributed by atoms with Gasteiger partial charge >= 0.3 is 0 Å². The molecule has 1 aliphatic carbocycles. The molecule has 106 valence electrons. The molecule has 0 aliphatic heterocycles. The van der Waals surface area contributed by atoms with Crippen molar-refractivity contribution in [3.63, 3.8) is 0 Å². The van der Waals surface area contributed by atoms with Crippen molar-refractivity contribution < 1.29 is 4.79 Å². The van der Waals surface area contributed by atoms with E-state index >= 15 is 0 Å². The van der Waals surface area contributed by atoms with E-state index in [2.05, 4.69) is 20.6 Å². The van der Waals surface area contributed by atoms with Crippen molar-refractivity contribution in [2.24, 2.45) is 0 Å². The highest BCUT2D eigenvalue weighted by Gasteiger charge is 2.21. The Morgan fingerprint density at radius 1 is 1.50 bits per heavy atom. The van der Waals surface area contributed by atoms with Gasteiger partial charge in [-0.2, -0.15) is 0 Å². The summed E-state index contributed by atoms with van der Waals surface area (Å²) in [5, 5.41) is 8.74. The van der Waals surface area contributed by atoms with E-state index in [0.29, 0.717) is 17.5 Å². The van der Waals surface area contributed by atoms with Crippen molar-refractivity contribution in [3.05, 3.63) is 21.5 Å². The van der Waals surface area contributed by atoms with Gasteiger partial charge in [-0.05, 0) is 19.3 Å². The first kappa shape index (κ1) is 13.3. The highest BCUT2D eigenvalue weighted by atomic mass is 32.1. The minimum Gasteiger partial charge on any atom is -0.382 e. The summed E-state index contributed by atoms with van der Waals surface area (Å²) in [4.78, 5) is 20.9. The largest absolute Gasteiger partial charge is 0.382 e. The average Bonchev–Trinajstić information content (AvgIpc) is 3.00. The third kappa shape index (κ3) is 2.91. The summed E-state index contributed by atoms with van der Waals surface area (Å²) in [6, 6.07) is 0.478. The number of carbonyl (C=O) groups is 1. The van der Waals surface area contributed by atoms with E-state index in [1.807, 2.05) is 5.38 Å². The first-order chi connectivity index (χ1) is 9.72. The Balaban J connectivity index is 1.61. The lowest BCUT2D eigenvalue weighted by molar-refractivity contribution is 0.0955. The Morgan fingerprint density at radius 3 is 3.00 bits per heavy atom. The van der Waals surface area contributed by atoms with Crippen LogP contribution in [0.3, 0.4) is 0 Å². The Hall–Kier alpha value is -1.67. The monoisotopic (exact) mass is 309 g/mol. The number of rotatable bonds is 5. The number of nitrogens with two attached hydrogens (primary N) is 1. The van der Waals surface area contributed by atoms with E-state index in [1.165, 1.54) is 29.1 Å². The molecule has 3 rings (SSSR count). The second-order valence-corrected chi connectivity index (χ2v) is 6.39. The van der Waals surface area contributed by atoms with Gasteiger partial charge in [0.05, 0.1) is 17.7 Å². The normalized spacial score (nSPS) is 14.8. The van der Waals surface area contributed by atoms with E-state index in [1.54, 1.807) is 5.51 Å². The quantitative estimate of drug-likeness (QED) is 0.786. The maximum absolute atomic E-state index is 12.1. The number of amides is 1. The van der Waals surface area contributed by atoms with Gasteiger partial charge in [0.1, 0.15) is 10.7 Å². The van der Waals surface area contributed by atoms with Crippen LogP contribution in [0, 0.1) is 0 Å². The Kier molecular flexibility index (Phi) is 3.83. The van der Waals surface area contributed by atoms with Gasteiger partial charge < -0.3 is 16.4 Å². The predicted molar refractivity (Wildman–Crippen MR) is 81.1 cm³/mol. The summed E-state index contributed by atoms with van der Waals surface area (Å²) in [5.41, 5.74) is 8.40. The van der Waals surface area contributed by atoms with Crippen molar-refractivity contribution in [2.45, 2.75) is 31.8 Å². The van der Waals surface area contributed by atoms with E-state index in [0.717, 1.165) is 23.7 Å². The van der Waals surface area contributed by atoms with Gasteiger partial charge in [-0.1, -0.05) is 11.3 Å². The molecule has 2 aromatic rings. The van der Waals surface area contributed by atoms with Crippen LogP contribution in [-0.2, 0) is 6.54 Å². The average molecular weight is 309 g/mol. The molecule has 0 unspecified atom stereocenters. The van der Waals surface area contributed by atoms with Crippen molar-refractivity contribution in [3.8, 4) is 0 Å². The minimum absolute atomic E-state index is 0.199. The lowest BCUT2D eigenvalue weighted by atomic mass is 9.93. The van der Waals surface area contributed by atoms with Crippen LogP contribution in [0.25, 0.3) is 0 Å². The number of hydrogen-bond acceptors (Lipinski definition) is 7. The van der Waals surface area contributed by atoms with Crippen LogP contribution in [-0.4, -0.2) is 21.9 Å². The smallest absolute Gasteiger partial charge is 0.265 e. The Morgan fingerprint density at radius 2 is 2.35 bits per heavy atom. The number of carbonyl (C=O) groups excluding carboxylic acids is 1. The number of aromatic nitrogens is 2. The highest BCUT2D eigenvalue weighted by Crippen LogP contribution is 2.29. The molecular formula is C12H15N5OS2. The van der Waals surface area contributed by atoms with Crippen molar-refractivity contribution >= 4 is 39.5 Å². The molecule has 0 bridgehead atoms. The van der Waals surface area contributed by atoms with Gasteiger partial charge in [-0.3, -0.25) is 4.79 Å². The zero-order chi connectivity index (χ0) is 13.9. The van der Waals surface area contributed by atoms with Crippen molar-refractivity contribution in [1.82, 2.24) is 15.3 Å². The van der Waals surface area contributed by atoms with Gasteiger partial charge in [0.25, 0.3) is 5.91 Å². The second-order valence-electron chi connectivity index (χ2n) is 4.67. The molecule has 0 saturated heterocycles. The molecule has 1 aliphatic rings. The van der Waals surface area contributed by atoms with Gasteiger partial charge in [0.15, 0.2) is 5.13 Å². The molecule has 8 heteroatoms. The lowest BCUT2D eigenvalue weighted by Gasteiger charge is -2.25. The van der Waals surface area contributed by atoms with Gasteiger partial charge in [0, 0.05) is 11.4 Å². The topological polar surface area (TPSA) is 92.9 Å². The molecule has 6 nitrogen and oxygen atoms in total. The molecule has 2 heterocycles. The third-order valence-electron chi connectivity index (χ3n) is 3.21. The third-order valence-corrected chi connectivity index (χ3v) is 4.84. The van der Waals surface area contributed by atoms with Crippen LogP contribution in [0.1, 0.15) is 34.6 Å². The molecule has 1 saturated carbocycles. The molecular weight excluding hydrogens is 294 g/mol. The SMILES string of the molecule is Nc1nc(NC2CCC2)sc1C(=O)NCc1cscn1. The lowest BCUT2D eigenvalue weighted by Crippen LogP contribution is -2.26. The standard InChI is InChI=1S/C12H15N5OS2/c13-10-9(11(18)14-4-8-5-19-6-15-8)20-12(17-10)16-7-2-1-3-7/h5-7H,1-4,13H2,(H,14,18)(H,16,17). The first-order valence-corrected chi connectivity index (χ1v) is 8.16. The van der Waals surface area contributed by atoms with E-state index < -0.39 is 0 Å². The van der Waals surface area contributed by atoms with Crippen LogP contribution in [0.2, 0.25) is 0 Å². The van der Waals surface area contributed by atoms with Crippen LogP contribution >= 0.6 is 22.7 Å². The molecule has 4 N–H and O–H groups in total. The molecule has 1 amide bonds. The maximum Gasteiger partial charge on any atom is 0.265 e. The fraction of sp³-hybridized carbons (Fsp3) is 0.417. The molecule has 0 spiro atoms. The fourth-order valence-corrected chi connectivity index (χ4v) is 3.30. The van der Waals surface area contributed by atoms with Gasteiger partial charge in [-0.25, -0.2) is 9.97 Å². The first-order valence-electron chi connectivity index (χ1n) is 6.40. The van der Waals surface area contributed by atoms with Crippen LogP contribution < -0.4 is 16.4 Å². The highest BCUT2D eigenvalue weighted by molar-refractivity contribution is 7.18. The Labute approximate surface area is 124 Å². The van der Waals surface area contributed by atoms with E-state index in [4.69, 9.17) is 5.73 Å². The van der Waals surface area contributed by atoms with Gasteiger partial charge in [0.2, 0.25) is 0 Å². The number of anilines is 2. The van der Waals surface area contributed by atoms with Crippen molar-refractivity contribution in [2.75, 3.05) is 11.1 Å². The minimum atomic E-state index is -0.199. The molecule has 20 heavy (non-hydrogen) atoms. The number of thiazole rings is 2. The fourth-order valence-electron chi connectivity index (χ4n) is 1.86. The summed E-state index contributed by atoms with van der Waals surface area (Å²) in [5.74, 6) is 0.0854. The van der Waals surface area contributed by atoms with Crippen LogP contribution in [0.4, 0.5) is 10.9 Å². The summed E-state index contributed by atoms with van der Waals surface area (Å²) >= 11 is 2.81. The Bertz CT molecular complexity index is 591. The maximum atomic E-state index is 12.1. The zero-order valence-electron chi connectivity index (χ0n) is 10.8. The van der Waals surface area contributed by atoms with Crippen molar-refractivity contribution in [1.29, 1.82) is 0 Å². The zero-order valence-corrected chi connectivity index (χ0v) is 12.4. The summed E-state index contributed by atoms with van der Waals surface area (Å²) < 4.78 is 0. The molecule has 2 aromatic heterocycles. The summed E-state index contributed by atoms with van der Waals surface area (Å²) in [6.45, 7) is 0.408. The second kappa shape index (κ2) is 5.76. The summed E-state index contributed by atoms with van der Waals surface area (Å²) in [7, 11) is 0. The number of nitrogen functional groups attached to an aromatic ring is 1. The molecule has 1 fully saturated rings. The van der Waals surface area contributed by atoms with E-state index in [9.17, 15) is 4.79 Å². The van der Waals surface area contributed by atoms with Gasteiger partial charge in [-0.15, -0.1) is 11.3 Å².